The van der Waals surface area contributed by atoms with Crippen LogP contribution < -0.4 is 10.1 Å². The third-order valence-electron chi connectivity index (χ3n) is 12.2. The molecular weight excluding hydrogens is 764 g/mol. The van der Waals surface area contributed by atoms with E-state index in [9.17, 15) is 39.9 Å². The van der Waals surface area contributed by atoms with E-state index in [-0.39, 0.29) is 50.4 Å². The van der Waals surface area contributed by atoms with Gasteiger partial charge in [0.2, 0.25) is 0 Å². The minimum Gasteiger partial charge on any atom is -0.507 e. The maximum absolute atomic E-state index is 14.4. The van der Waals surface area contributed by atoms with Crippen LogP contribution in [0.2, 0.25) is 0 Å². The molecule has 0 saturated carbocycles. The van der Waals surface area contributed by atoms with Crippen molar-refractivity contribution in [1.29, 1.82) is 0 Å². The summed E-state index contributed by atoms with van der Waals surface area (Å²) in [6.45, 7) is 15.3. The van der Waals surface area contributed by atoms with Crippen LogP contribution >= 0.6 is 0 Å². The van der Waals surface area contributed by atoms with Crippen molar-refractivity contribution >= 4 is 40.3 Å². The zero-order valence-electron chi connectivity index (χ0n) is 35.6. The van der Waals surface area contributed by atoms with E-state index in [1.165, 1.54) is 46.4 Å². The van der Waals surface area contributed by atoms with E-state index in [0.717, 1.165) is 13.1 Å². The number of nitrogens with one attached hydrogen (secondary N) is 1. The molecular formula is C43H60N4O12. The number of ether oxygens (including phenoxy) is 4. The first kappa shape index (κ1) is 45.2. The van der Waals surface area contributed by atoms with Crippen LogP contribution in [-0.4, -0.2) is 130 Å². The Hall–Kier alpha value is -4.90. The Labute approximate surface area is 345 Å². The van der Waals surface area contributed by atoms with Gasteiger partial charge in [0.15, 0.2) is 5.75 Å². The van der Waals surface area contributed by atoms with Crippen LogP contribution in [0.4, 0.5) is 5.69 Å². The highest BCUT2D eigenvalue weighted by Crippen LogP contribution is 2.55. The Morgan fingerprint density at radius 3 is 2.25 bits per heavy atom. The summed E-state index contributed by atoms with van der Waals surface area (Å²) in [6, 6.07) is 0. The maximum Gasteiger partial charge on any atom is 0.312 e. The number of piperazine rings is 1. The number of ketones is 1. The fourth-order valence-electron chi connectivity index (χ4n) is 8.22. The van der Waals surface area contributed by atoms with Crippen LogP contribution in [0.3, 0.4) is 0 Å². The molecule has 2 aromatic carbocycles. The number of esters is 1. The van der Waals surface area contributed by atoms with Crippen LogP contribution in [0.1, 0.15) is 82.8 Å². The number of allylic oxidation sites excluding steroid dienone is 1. The molecule has 2 aromatic rings. The molecule has 324 valence electrons. The average Bonchev–Trinajstić information content (AvgIpc) is 3.46. The minimum absolute atomic E-state index is 0.0651. The van der Waals surface area contributed by atoms with Crippen LogP contribution in [0, 0.1) is 30.6 Å². The predicted molar refractivity (Wildman–Crippen MR) is 221 cm³/mol. The second kappa shape index (κ2) is 18.2. The standard InChI is InChI=1S/C43H60N4O12/c1-21-12-11-13-22(2)42(55)45-33-28(20-44-47-17-15-46(9)16-18-47)37(52)30-31(38(33)53)36(51)26(6)40-32(30)41(54)43(8,59-40)57-19-14-29(56-10)23(3)39(58-27(7)48)25(5)35(50)24(4)34(21)49/h13-14,19-21,23-25,29,34-35,39,49-53H,11-12,15-18H2,1-10H3,(H,45,55)/b19-14+,22-13-,44-20+/t21-,23-,24-,25-,29+,34+,35+,39-,43+/m1/s1. The summed E-state index contributed by atoms with van der Waals surface area (Å²) in [6.07, 6.45) is 2.77. The van der Waals surface area contributed by atoms with Crippen LogP contribution in [0.15, 0.2) is 29.1 Å². The molecule has 59 heavy (non-hydrogen) atoms. The van der Waals surface area contributed by atoms with Crippen molar-refractivity contribution in [3.63, 3.8) is 0 Å². The number of likely N-dealkylation sites (N-methyl/N-ethyl adjacent to an activating group) is 1. The monoisotopic (exact) mass is 824 g/mol. The predicted octanol–water partition coefficient (Wildman–Crippen LogP) is 4.56. The van der Waals surface area contributed by atoms with Gasteiger partial charge in [0.1, 0.15) is 23.4 Å². The van der Waals surface area contributed by atoms with E-state index >= 15 is 0 Å². The number of phenols is 3. The third kappa shape index (κ3) is 9.00. The summed E-state index contributed by atoms with van der Waals surface area (Å²) in [5, 5.41) is 67.0. The van der Waals surface area contributed by atoms with Gasteiger partial charge in [-0.15, -0.1) is 0 Å². The number of carbonyl (C=O) groups is 3. The van der Waals surface area contributed by atoms with Gasteiger partial charge in [0, 0.05) is 81.4 Å². The molecule has 6 rings (SSSR count). The lowest BCUT2D eigenvalue weighted by Crippen LogP contribution is -2.46. The van der Waals surface area contributed by atoms with E-state index in [1.807, 2.05) is 14.0 Å². The number of phenolic OH excluding ortho intramolecular Hbond substituents is 3. The third-order valence-corrected chi connectivity index (χ3v) is 12.2. The SMILES string of the molecule is CO[C@H]1/C=C/O[C@@]2(C)Oc3c(C)c(O)c4c(O)c(c(/C=N/N5CCN(C)CC5)c(O)c4c3C2=O)NC(=O)/C(C)=C\CC[C@@H](C)[C@H](O)[C@@H](C)[C@H](O)[C@@H](C)[C@H](OC(C)=O)[C@@H]1C. The first-order valence-corrected chi connectivity index (χ1v) is 20.1. The minimum atomic E-state index is -2.04. The molecule has 4 aliphatic rings. The molecule has 1 fully saturated rings. The zero-order valence-corrected chi connectivity index (χ0v) is 35.6. The molecule has 1 saturated heterocycles. The molecule has 1 amide bonds. The van der Waals surface area contributed by atoms with Gasteiger partial charge >= 0.3 is 11.8 Å². The second-order valence-corrected chi connectivity index (χ2v) is 16.5. The van der Waals surface area contributed by atoms with Gasteiger partial charge in [0.25, 0.3) is 11.7 Å². The van der Waals surface area contributed by atoms with E-state index in [2.05, 4.69) is 15.3 Å². The number of aromatic hydroxyl groups is 3. The Kier molecular flexibility index (Phi) is 13.9. The maximum atomic E-state index is 14.4. The number of methoxy groups -OCH3 is 1. The molecule has 0 spiro atoms. The average molecular weight is 825 g/mol. The number of aliphatic hydroxyl groups is 2. The van der Waals surface area contributed by atoms with Crippen molar-refractivity contribution in [3.8, 4) is 23.0 Å². The van der Waals surface area contributed by atoms with Crippen molar-refractivity contribution in [3.05, 3.63) is 40.7 Å². The number of anilines is 1. The lowest BCUT2D eigenvalue weighted by molar-refractivity contribution is -0.160. The quantitative estimate of drug-likeness (QED) is 0.108. The normalized spacial score (nSPS) is 31.8. The topological polar surface area (TPSA) is 220 Å². The smallest absolute Gasteiger partial charge is 0.312 e. The van der Waals surface area contributed by atoms with Crippen molar-refractivity contribution in [2.45, 2.75) is 98.4 Å². The highest BCUT2D eigenvalue weighted by Gasteiger charge is 2.50. The van der Waals surface area contributed by atoms with Crippen LogP contribution in [0.25, 0.3) is 10.8 Å². The molecule has 9 atom stereocenters. The number of Topliss-reactive ketones (excluding diaryl/α,β-unsaturated/α-hetero) is 1. The molecule has 0 radical (unpaired) electrons. The Morgan fingerprint density at radius 1 is 0.966 bits per heavy atom. The summed E-state index contributed by atoms with van der Waals surface area (Å²) in [4.78, 5) is 42.7. The number of carbonyl (C=O) groups excluding carboxylic acids is 3. The van der Waals surface area contributed by atoms with Gasteiger partial charge in [-0.3, -0.25) is 19.4 Å². The first-order chi connectivity index (χ1) is 27.7. The van der Waals surface area contributed by atoms with Crippen molar-refractivity contribution in [2.24, 2.45) is 28.8 Å². The second-order valence-electron chi connectivity index (χ2n) is 16.5. The summed E-state index contributed by atoms with van der Waals surface area (Å²) in [5.74, 6) is -7.95. The van der Waals surface area contributed by atoms with Gasteiger partial charge in [-0.25, -0.2) is 0 Å². The van der Waals surface area contributed by atoms with Crippen molar-refractivity contribution < 1.29 is 58.9 Å². The largest absolute Gasteiger partial charge is 0.507 e. The Morgan fingerprint density at radius 2 is 1.63 bits per heavy atom. The molecule has 0 aromatic heterocycles. The number of benzene rings is 2. The Bertz CT molecular complexity index is 2020. The lowest BCUT2D eigenvalue weighted by Gasteiger charge is -2.38. The molecule has 5 bridgehead atoms. The van der Waals surface area contributed by atoms with E-state index in [0.29, 0.717) is 25.9 Å². The summed E-state index contributed by atoms with van der Waals surface area (Å²) >= 11 is 0. The molecule has 0 aliphatic carbocycles. The fourth-order valence-corrected chi connectivity index (χ4v) is 8.22. The summed E-state index contributed by atoms with van der Waals surface area (Å²) in [7, 11) is 3.43. The first-order valence-electron chi connectivity index (χ1n) is 20.1. The molecule has 16 nitrogen and oxygen atoms in total. The number of fused-ring (bicyclic) bond motifs is 15. The molecule has 16 heteroatoms. The molecule has 6 N–H and O–H groups in total. The number of nitrogens with zero attached hydrogens (tertiary/aromatic N) is 3. The van der Waals surface area contributed by atoms with Crippen molar-refractivity contribution in [2.75, 3.05) is 45.7 Å². The lowest BCUT2D eigenvalue weighted by atomic mass is 9.78. The van der Waals surface area contributed by atoms with E-state index in [1.54, 1.807) is 38.8 Å². The van der Waals surface area contributed by atoms with Gasteiger partial charge in [-0.2, -0.15) is 5.10 Å². The zero-order chi connectivity index (χ0) is 43.7. The van der Waals surface area contributed by atoms with E-state index in [4.69, 9.17) is 18.9 Å². The fraction of sp³-hybridized carbons (Fsp3) is 0.581. The van der Waals surface area contributed by atoms with Gasteiger partial charge < -0.3 is 54.7 Å². The highest BCUT2D eigenvalue weighted by atomic mass is 16.7. The van der Waals surface area contributed by atoms with Gasteiger partial charge in [-0.05, 0) is 45.7 Å². The summed E-state index contributed by atoms with van der Waals surface area (Å²) < 4.78 is 23.6. The summed E-state index contributed by atoms with van der Waals surface area (Å²) in [5.41, 5.74) is -0.203. The Balaban J connectivity index is 1.68. The van der Waals surface area contributed by atoms with Gasteiger partial charge in [-0.1, -0.05) is 33.8 Å². The number of aliphatic hydroxyl groups excluding tert-OH is 2. The molecule has 4 aliphatic heterocycles. The number of rotatable bonds is 4. The van der Waals surface area contributed by atoms with Crippen LogP contribution in [-0.2, 0) is 23.8 Å². The van der Waals surface area contributed by atoms with E-state index < -0.39 is 82.9 Å². The number of hydrazone groups is 1. The molecule has 0 unspecified atom stereocenters. The van der Waals surface area contributed by atoms with Gasteiger partial charge in [0.05, 0.1) is 53.0 Å². The number of amides is 1. The number of hydrogen-bond acceptors (Lipinski definition) is 15. The number of hydrogen-bond donors (Lipinski definition) is 6. The molecule has 4 heterocycles. The van der Waals surface area contributed by atoms with Crippen LogP contribution in [0.5, 0.6) is 23.0 Å². The van der Waals surface area contributed by atoms with Crippen molar-refractivity contribution in [1.82, 2.24) is 9.91 Å². The highest BCUT2D eigenvalue weighted by molar-refractivity contribution is 6.23.